The molecule has 13 heteroatoms. The van der Waals surface area contributed by atoms with Crippen LogP contribution in [-0.4, -0.2) is 52.1 Å². The van der Waals surface area contributed by atoms with Gasteiger partial charge < -0.3 is 14.3 Å². The summed E-state index contributed by atoms with van der Waals surface area (Å²) in [6, 6.07) is 6.14. The van der Waals surface area contributed by atoms with E-state index in [1.54, 1.807) is 18.3 Å². The standard InChI is InChI=1S/C22H15F3N8O2/c23-22(24,25)13-4-2-7-33-16(13)9-15(31-33)18-17-14(27-11-28-17)5-8-32(18)21(34)20-30-29-19(35-20)12-3-1-6-26-10-12/h1-4,6-7,9-11,18H,5,8H2,(H,27,28)/t18-/m1/s1. The summed E-state index contributed by atoms with van der Waals surface area (Å²) in [4.78, 5) is 26.3. The Labute approximate surface area is 194 Å². The number of carbonyl (C=O) groups excluding carboxylic acids is 1. The predicted molar refractivity (Wildman–Crippen MR) is 113 cm³/mol. The minimum atomic E-state index is -4.56. The fourth-order valence-electron chi connectivity index (χ4n) is 4.24. The van der Waals surface area contributed by atoms with Crippen LogP contribution in [0.3, 0.4) is 0 Å². The molecule has 1 atom stereocenters. The zero-order chi connectivity index (χ0) is 24.2. The van der Waals surface area contributed by atoms with Gasteiger partial charge >= 0.3 is 18.0 Å². The maximum absolute atomic E-state index is 13.6. The summed E-state index contributed by atoms with van der Waals surface area (Å²) in [5, 5.41) is 12.2. The van der Waals surface area contributed by atoms with E-state index in [-0.39, 0.29) is 29.5 Å². The van der Waals surface area contributed by atoms with Crippen LogP contribution in [0.5, 0.6) is 0 Å². The molecule has 0 aliphatic carbocycles. The molecular formula is C22H15F3N8O2. The Balaban J connectivity index is 1.42. The number of rotatable bonds is 3. The van der Waals surface area contributed by atoms with Crippen molar-refractivity contribution in [2.75, 3.05) is 6.54 Å². The van der Waals surface area contributed by atoms with Gasteiger partial charge in [0.25, 0.3) is 0 Å². The number of hydrogen-bond donors (Lipinski definition) is 1. The van der Waals surface area contributed by atoms with E-state index in [0.29, 0.717) is 17.7 Å². The van der Waals surface area contributed by atoms with Crippen molar-refractivity contribution >= 4 is 11.4 Å². The van der Waals surface area contributed by atoms with Crippen molar-refractivity contribution < 1.29 is 22.4 Å². The van der Waals surface area contributed by atoms with E-state index in [2.05, 4.69) is 30.2 Å². The van der Waals surface area contributed by atoms with Crippen LogP contribution in [-0.2, 0) is 12.6 Å². The Bertz CT molecular complexity index is 1540. The van der Waals surface area contributed by atoms with Gasteiger partial charge in [-0.3, -0.25) is 9.78 Å². The Morgan fingerprint density at radius 1 is 1.20 bits per heavy atom. The monoisotopic (exact) mass is 480 g/mol. The van der Waals surface area contributed by atoms with Crippen LogP contribution in [0.4, 0.5) is 13.2 Å². The lowest BCUT2D eigenvalue weighted by Crippen LogP contribution is -2.41. The Morgan fingerprint density at radius 3 is 2.89 bits per heavy atom. The third-order valence-corrected chi connectivity index (χ3v) is 5.81. The summed E-state index contributed by atoms with van der Waals surface area (Å²) in [6.07, 6.45) is 1.91. The number of imidazole rings is 1. The Hall–Kier alpha value is -4.55. The summed E-state index contributed by atoms with van der Waals surface area (Å²) in [6.45, 7) is 0.239. The van der Waals surface area contributed by atoms with Crippen molar-refractivity contribution in [2.24, 2.45) is 0 Å². The van der Waals surface area contributed by atoms with Crippen molar-refractivity contribution in [3.8, 4) is 11.5 Å². The molecular weight excluding hydrogens is 465 g/mol. The lowest BCUT2D eigenvalue weighted by molar-refractivity contribution is -0.136. The van der Waals surface area contributed by atoms with Gasteiger partial charge in [0.05, 0.1) is 34.4 Å². The Morgan fingerprint density at radius 2 is 2.09 bits per heavy atom. The zero-order valence-corrected chi connectivity index (χ0v) is 17.8. The summed E-state index contributed by atoms with van der Waals surface area (Å²) in [5.74, 6) is -0.718. The van der Waals surface area contributed by atoms with E-state index < -0.39 is 23.7 Å². The lowest BCUT2D eigenvalue weighted by atomic mass is 9.99. The van der Waals surface area contributed by atoms with Gasteiger partial charge in [-0.05, 0) is 30.3 Å². The molecule has 176 valence electrons. The number of aromatic amines is 1. The van der Waals surface area contributed by atoms with Gasteiger partial charge in [0.2, 0.25) is 5.89 Å². The van der Waals surface area contributed by atoms with Crippen LogP contribution in [0.2, 0.25) is 0 Å². The first-order valence-corrected chi connectivity index (χ1v) is 10.5. The molecule has 1 N–H and O–H groups in total. The average molecular weight is 480 g/mol. The highest BCUT2D eigenvalue weighted by atomic mass is 19.4. The fourth-order valence-corrected chi connectivity index (χ4v) is 4.24. The van der Waals surface area contributed by atoms with Crippen molar-refractivity contribution in [1.82, 2.24) is 39.7 Å². The molecule has 0 spiro atoms. The van der Waals surface area contributed by atoms with Crippen molar-refractivity contribution in [3.63, 3.8) is 0 Å². The molecule has 0 fully saturated rings. The topological polar surface area (TPSA) is 118 Å². The number of aromatic nitrogens is 7. The van der Waals surface area contributed by atoms with Gasteiger partial charge in [-0.15, -0.1) is 10.2 Å². The number of halogens is 3. The van der Waals surface area contributed by atoms with Crippen LogP contribution in [0, 0.1) is 0 Å². The number of hydrogen-bond acceptors (Lipinski definition) is 7. The molecule has 35 heavy (non-hydrogen) atoms. The third kappa shape index (κ3) is 3.52. The quantitative estimate of drug-likeness (QED) is 0.421. The van der Waals surface area contributed by atoms with Crippen molar-refractivity contribution in [2.45, 2.75) is 18.6 Å². The van der Waals surface area contributed by atoms with Gasteiger partial charge in [-0.2, -0.15) is 18.3 Å². The van der Waals surface area contributed by atoms with Crippen molar-refractivity contribution in [3.05, 3.63) is 83.8 Å². The second-order valence-electron chi connectivity index (χ2n) is 7.89. The highest BCUT2D eigenvalue weighted by Crippen LogP contribution is 2.37. The molecule has 0 radical (unpaired) electrons. The number of carbonyl (C=O) groups is 1. The highest BCUT2D eigenvalue weighted by molar-refractivity contribution is 5.90. The third-order valence-electron chi connectivity index (χ3n) is 5.81. The summed E-state index contributed by atoms with van der Waals surface area (Å²) in [5.41, 5.74) is 1.09. The summed E-state index contributed by atoms with van der Waals surface area (Å²) in [7, 11) is 0. The molecule has 0 unspecified atom stereocenters. The van der Waals surface area contributed by atoms with E-state index in [1.165, 1.54) is 35.8 Å². The van der Waals surface area contributed by atoms with Gasteiger partial charge in [0.1, 0.15) is 6.04 Å². The first kappa shape index (κ1) is 21.0. The summed E-state index contributed by atoms with van der Waals surface area (Å²) < 4.78 is 47.5. The van der Waals surface area contributed by atoms with Crippen LogP contribution < -0.4 is 0 Å². The number of fused-ring (bicyclic) bond motifs is 2. The number of nitrogens with zero attached hydrogens (tertiary/aromatic N) is 7. The first-order chi connectivity index (χ1) is 16.9. The van der Waals surface area contributed by atoms with Crippen LogP contribution >= 0.6 is 0 Å². The van der Waals surface area contributed by atoms with Gasteiger partial charge in [-0.1, -0.05) is 0 Å². The van der Waals surface area contributed by atoms with Crippen LogP contribution in [0.1, 0.15) is 39.4 Å². The van der Waals surface area contributed by atoms with E-state index in [1.807, 2.05) is 0 Å². The molecule has 5 aromatic rings. The first-order valence-electron chi connectivity index (χ1n) is 10.5. The second kappa shape index (κ2) is 7.75. The molecule has 1 aliphatic heterocycles. The average Bonchev–Trinajstić information content (AvgIpc) is 3.61. The largest absolute Gasteiger partial charge is 0.418 e. The van der Waals surface area contributed by atoms with Gasteiger partial charge in [-0.25, -0.2) is 9.50 Å². The van der Waals surface area contributed by atoms with Gasteiger partial charge in [0.15, 0.2) is 0 Å². The smallest absolute Gasteiger partial charge is 0.412 e. The number of amides is 1. The maximum Gasteiger partial charge on any atom is 0.418 e. The van der Waals surface area contributed by atoms with E-state index in [4.69, 9.17) is 4.42 Å². The number of nitrogens with one attached hydrogen (secondary N) is 1. The molecule has 6 rings (SSSR count). The predicted octanol–water partition coefficient (Wildman–Crippen LogP) is 3.31. The van der Waals surface area contributed by atoms with E-state index >= 15 is 0 Å². The molecule has 0 saturated heterocycles. The van der Waals surface area contributed by atoms with E-state index in [9.17, 15) is 18.0 Å². The van der Waals surface area contributed by atoms with Gasteiger partial charge in [0, 0.05) is 37.3 Å². The summed E-state index contributed by atoms with van der Waals surface area (Å²) >= 11 is 0. The number of H-pyrrole nitrogens is 1. The molecule has 5 aromatic heterocycles. The Kier molecular flexibility index (Phi) is 4.65. The van der Waals surface area contributed by atoms with E-state index in [0.717, 1.165) is 16.3 Å². The van der Waals surface area contributed by atoms with Crippen LogP contribution in [0.15, 0.2) is 59.7 Å². The molecule has 10 nitrogen and oxygen atoms in total. The molecule has 0 saturated carbocycles. The fraction of sp³-hybridized carbons (Fsp3) is 0.182. The highest BCUT2D eigenvalue weighted by Gasteiger charge is 2.39. The van der Waals surface area contributed by atoms with Crippen molar-refractivity contribution in [1.29, 1.82) is 0 Å². The normalized spacial score (nSPS) is 16.0. The number of pyridine rings is 2. The van der Waals surface area contributed by atoms with Crippen LogP contribution in [0.25, 0.3) is 17.0 Å². The molecule has 1 amide bonds. The second-order valence-corrected chi connectivity index (χ2v) is 7.89. The molecule has 1 aliphatic rings. The SMILES string of the molecule is O=C(c1nnc(-c2cccnc2)o1)N1CCc2[nH]cnc2[C@H]1c1cc2c(C(F)(F)F)cccn2n1. The maximum atomic E-state index is 13.6. The zero-order valence-electron chi connectivity index (χ0n) is 17.8. The molecule has 0 aromatic carbocycles. The molecule has 6 heterocycles. The minimum absolute atomic E-state index is 0.123. The molecule has 0 bridgehead atoms. The minimum Gasteiger partial charge on any atom is -0.412 e. The number of alkyl halides is 3. The lowest BCUT2D eigenvalue weighted by Gasteiger charge is -2.32.